The fourth-order valence-electron chi connectivity index (χ4n) is 1.42. The number of rotatable bonds is 7. The Balaban J connectivity index is 2.35. The summed E-state index contributed by atoms with van der Waals surface area (Å²) in [6.45, 7) is 5.85. The van der Waals surface area contributed by atoms with E-state index in [0.717, 1.165) is 30.9 Å². The quantitative estimate of drug-likeness (QED) is 0.715. The number of carbonyl (C=O) groups excluding carboxylic acids is 1. The molecule has 0 fully saturated rings. The molecule has 2 N–H and O–H groups in total. The molecule has 0 aliphatic heterocycles. The highest BCUT2D eigenvalue weighted by molar-refractivity contribution is 5.89. The van der Waals surface area contributed by atoms with Crippen molar-refractivity contribution in [2.45, 2.75) is 20.3 Å². The standard InChI is InChI=1S/C13H20N2O2/c1-3-8-17-9-7-14-12-5-4-6-13(10-12)15-11(2)16/h4-6,10,14H,3,7-9H2,1-2H3,(H,15,16). The number of ether oxygens (including phenoxy) is 1. The lowest BCUT2D eigenvalue weighted by Crippen LogP contribution is -2.10. The first-order chi connectivity index (χ1) is 8.22. The van der Waals surface area contributed by atoms with Gasteiger partial charge in [0.05, 0.1) is 6.61 Å². The molecule has 0 aliphatic carbocycles. The Labute approximate surface area is 102 Å². The van der Waals surface area contributed by atoms with Gasteiger partial charge in [0.15, 0.2) is 0 Å². The van der Waals surface area contributed by atoms with Crippen LogP contribution in [0.1, 0.15) is 20.3 Å². The molecule has 0 aromatic heterocycles. The van der Waals surface area contributed by atoms with Gasteiger partial charge in [0, 0.05) is 31.5 Å². The van der Waals surface area contributed by atoms with E-state index in [-0.39, 0.29) is 5.91 Å². The second-order valence-electron chi connectivity index (χ2n) is 3.80. The molecule has 0 saturated heterocycles. The Hall–Kier alpha value is -1.55. The van der Waals surface area contributed by atoms with Crippen LogP contribution in [0.4, 0.5) is 11.4 Å². The number of nitrogens with one attached hydrogen (secondary N) is 2. The maximum Gasteiger partial charge on any atom is 0.221 e. The average Bonchev–Trinajstić information content (AvgIpc) is 2.28. The van der Waals surface area contributed by atoms with Gasteiger partial charge >= 0.3 is 0 Å². The summed E-state index contributed by atoms with van der Waals surface area (Å²) >= 11 is 0. The monoisotopic (exact) mass is 236 g/mol. The molecular weight excluding hydrogens is 216 g/mol. The molecule has 1 aromatic carbocycles. The summed E-state index contributed by atoms with van der Waals surface area (Å²) < 4.78 is 5.37. The molecule has 0 atom stereocenters. The number of hydrogen-bond acceptors (Lipinski definition) is 3. The summed E-state index contributed by atoms with van der Waals surface area (Å²) in [5.74, 6) is -0.0616. The number of amides is 1. The Bertz CT molecular complexity index is 353. The van der Waals surface area contributed by atoms with E-state index in [1.165, 1.54) is 6.92 Å². The van der Waals surface area contributed by atoms with Gasteiger partial charge in [0.2, 0.25) is 5.91 Å². The van der Waals surface area contributed by atoms with Crippen LogP contribution < -0.4 is 10.6 Å². The number of hydrogen-bond donors (Lipinski definition) is 2. The van der Waals surface area contributed by atoms with E-state index in [1.54, 1.807) is 0 Å². The van der Waals surface area contributed by atoms with Gasteiger partial charge in [0.25, 0.3) is 0 Å². The first-order valence-corrected chi connectivity index (χ1v) is 5.91. The summed E-state index contributed by atoms with van der Waals surface area (Å²) in [6, 6.07) is 7.63. The minimum atomic E-state index is -0.0616. The van der Waals surface area contributed by atoms with E-state index in [4.69, 9.17) is 4.74 Å². The zero-order valence-corrected chi connectivity index (χ0v) is 10.5. The molecule has 4 heteroatoms. The minimum absolute atomic E-state index is 0.0616. The van der Waals surface area contributed by atoms with Gasteiger partial charge in [-0.15, -0.1) is 0 Å². The van der Waals surface area contributed by atoms with Crippen LogP contribution in [0.2, 0.25) is 0 Å². The summed E-state index contributed by atoms with van der Waals surface area (Å²) in [7, 11) is 0. The minimum Gasteiger partial charge on any atom is -0.383 e. The van der Waals surface area contributed by atoms with Gasteiger partial charge in [-0.25, -0.2) is 0 Å². The van der Waals surface area contributed by atoms with Crippen LogP contribution in [0, 0.1) is 0 Å². The van der Waals surface area contributed by atoms with Gasteiger partial charge in [-0.3, -0.25) is 4.79 Å². The highest BCUT2D eigenvalue weighted by atomic mass is 16.5. The van der Waals surface area contributed by atoms with E-state index in [2.05, 4.69) is 17.6 Å². The van der Waals surface area contributed by atoms with Crippen LogP contribution in [-0.4, -0.2) is 25.7 Å². The molecule has 0 aliphatic rings. The maximum atomic E-state index is 10.9. The normalized spacial score (nSPS) is 10.0. The molecule has 1 amide bonds. The van der Waals surface area contributed by atoms with Gasteiger partial charge in [-0.1, -0.05) is 13.0 Å². The van der Waals surface area contributed by atoms with Crippen molar-refractivity contribution in [2.75, 3.05) is 30.4 Å². The number of benzene rings is 1. The van der Waals surface area contributed by atoms with Gasteiger partial charge in [-0.2, -0.15) is 0 Å². The molecule has 0 saturated carbocycles. The molecular formula is C13H20N2O2. The molecule has 0 unspecified atom stereocenters. The van der Waals surface area contributed by atoms with E-state index in [9.17, 15) is 4.79 Å². The van der Waals surface area contributed by atoms with Gasteiger partial charge in [0.1, 0.15) is 0 Å². The van der Waals surface area contributed by atoms with Crippen molar-refractivity contribution < 1.29 is 9.53 Å². The molecule has 0 spiro atoms. The summed E-state index contributed by atoms with van der Waals surface area (Å²) in [5.41, 5.74) is 1.79. The van der Waals surface area contributed by atoms with Crippen molar-refractivity contribution in [3.8, 4) is 0 Å². The molecule has 1 aromatic rings. The van der Waals surface area contributed by atoms with Crippen LogP contribution in [-0.2, 0) is 9.53 Å². The fourth-order valence-corrected chi connectivity index (χ4v) is 1.42. The summed E-state index contributed by atoms with van der Waals surface area (Å²) in [4.78, 5) is 10.9. The largest absolute Gasteiger partial charge is 0.383 e. The van der Waals surface area contributed by atoms with Crippen LogP contribution in [0.3, 0.4) is 0 Å². The zero-order valence-electron chi connectivity index (χ0n) is 10.5. The maximum absolute atomic E-state index is 10.9. The van der Waals surface area contributed by atoms with Crippen LogP contribution >= 0.6 is 0 Å². The van der Waals surface area contributed by atoms with E-state index < -0.39 is 0 Å². The molecule has 0 radical (unpaired) electrons. The third-order valence-corrected chi connectivity index (χ3v) is 2.11. The second kappa shape index (κ2) is 7.68. The van der Waals surface area contributed by atoms with Gasteiger partial charge in [-0.05, 0) is 24.6 Å². The number of carbonyl (C=O) groups is 1. The average molecular weight is 236 g/mol. The van der Waals surface area contributed by atoms with E-state index in [1.807, 2.05) is 24.3 Å². The van der Waals surface area contributed by atoms with Gasteiger partial charge < -0.3 is 15.4 Å². The highest BCUT2D eigenvalue weighted by Crippen LogP contribution is 2.14. The van der Waals surface area contributed by atoms with Crippen LogP contribution in [0.15, 0.2) is 24.3 Å². The Morgan fingerprint density at radius 3 is 2.76 bits per heavy atom. The lowest BCUT2D eigenvalue weighted by molar-refractivity contribution is -0.114. The predicted molar refractivity (Wildman–Crippen MR) is 70.3 cm³/mol. The van der Waals surface area contributed by atoms with Crippen molar-refractivity contribution in [1.82, 2.24) is 0 Å². The lowest BCUT2D eigenvalue weighted by Gasteiger charge is -2.08. The van der Waals surface area contributed by atoms with Crippen LogP contribution in [0.25, 0.3) is 0 Å². The predicted octanol–water partition coefficient (Wildman–Crippen LogP) is 2.48. The van der Waals surface area contributed by atoms with Crippen LogP contribution in [0.5, 0.6) is 0 Å². The van der Waals surface area contributed by atoms with E-state index in [0.29, 0.717) is 6.61 Å². The zero-order chi connectivity index (χ0) is 12.5. The molecule has 0 heterocycles. The topological polar surface area (TPSA) is 50.4 Å². The smallest absolute Gasteiger partial charge is 0.221 e. The van der Waals surface area contributed by atoms with Crippen molar-refractivity contribution in [3.63, 3.8) is 0 Å². The molecule has 17 heavy (non-hydrogen) atoms. The first kappa shape index (κ1) is 13.5. The van der Waals surface area contributed by atoms with Crippen molar-refractivity contribution in [2.24, 2.45) is 0 Å². The Morgan fingerprint density at radius 2 is 2.06 bits per heavy atom. The van der Waals surface area contributed by atoms with Crippen molar-refractivity contribution >= 4 is 17.3 Å². The molecule has 4 nitrogen and oxygen atoms in total. The summed E-state index contributed by atoms with van der Waals surface area (Å²) in [6.07, 6.45) is 1.04. The fraction of sp³-hybridized carbons (Fsp3) is 0.462. The van der Waals surface area contributed by atoms with Crippen molar-refractivity contribution in [3.05, 3.63) is 24.3 Å². The third-order valence-electron chi connectivity index (χ3n) is 2.11. The highest BCUT2D eigenvalue weighted by Gasteiger charge is 1.97. The third kappa shape index (κ3) is 5.92. The Morgan fingerprint density at radius 1 is 1.29 bits per heavy atom. The molecule has 1 rings (SSSR count). The van der Waals surface area contributed by atoms with E-state index >= 15 is 0 Å². The Kier molecular flexibility index (Phi) is 6.10. The van der Waals surface area contributed by atoms with Crippen molar-refractivity contribution in [1.29, 1.82) is 0 Å². The SMILES string of the molecule is CCCOCCNc1cccc(NC(C)=O)c1. The second-order valence-corrected chi connectivity index (χ2v) is 3.80. The lowest BCUT2D eigenvalue weighted by atomic mass is 10.2. The number of anilines is 2. The summed E-state index contributed by atoms with van der Waals surface area (Å²) in [5, 5.41) is 5.99. The molecule has 0 bridgehead atoms. The molecule has 94 valence electrons. The first-order valence-electron chi connectivity index (χ1n) is 5.91.